The zero-order chi connectivity index (χ0) is 24.4. The van der Waals surface area contributed by atoms with Crippen LogP contribution in [0.2, 0.25) is 0 Å². The molecule has 4 aromatic rings. The van der Waals surface area contributed by atoms with E-state index in [-0.39, 0.29) is 23.2 Å². The van der Waals surface area contributed by atoms with E-state index in [1.807, 2.05) is 29.2 Å². The Hall–Kier alpha value is -3.72. The number of H-pyrrole nitrogens is 1. The van der Waals surface area contributed by atoms with Gasteiger partial charge in [-0.1, -0.05) is 36.4 Å². The molecular weight excluding hydrogens is 467 g/mol. The number of para-hydroxylation sites is 1. The van der Waals surface area contributed by atoms with Gasteiger partial charge in [0.25, 0.3) is 5.56 Å². The van der Waals surface area contributed by atoms with Crippen LogP contribution in [0.5, 0.6) is 5.75 Å². The summed E-state index contributed by atoms with van der Waals surface area (Å²) in [6, 6.07) is 14.1. The maximum atomic E-state index is 14.4. The number of thiophene rings is 1. The number of nitrogens with zero attached hydrogens (tertiary/aromatic N) is 2. The van der Waals surface area contributed by atoms with E-state index in [9.17, 15) is 14.0 Å². The number of anilines is 1. The molecule has 1 fully saturated rings. The number of piperidine rings is 1. The number of amides is 1. The van der Waals surface area contributed by atoms with Crippen molar-refractivity contribution in [1.29, 1.82) is 0 Å². The van der Waals surface area contributed by atoms with Crippen molar-refractivity contribution in [3.8, 4) is 16.9 Å². The molecule has 0 atom stereocenters. The third-order valence-corrected chi connectivity index (χ3v) is 7.36. The van der Waals surface area contributed by atoms with Crippen molar-refractivity contribution in [1.82, 2.24) is 15.3 Å². The quantitative estimate of drug-likeness (QED) is 0.418. The highest BCUT2D eigenvalue weighted by Crippen LogP contribution is 2.33. The third kappa shape index (κ3) is 4.64. The number of methoxy groups -OCH3 is 1. The van der Waals surface area contributed by atoms with Gasteiger partial charge in [-0.25, -0.2) is 9.37 Å². The van der Waals surface area contributed by atoms with Gasteiger partial charge in [0.1, 0.15) is 16.3 Å². The number of aromatic nitrogens is 2. The van der Waals surface area contributed by atoms with Crippen LogP contribution in [0.4, 0.5) is 10.3 Å². The zero-order valence-corrected chi connectivity index (χ0v) is 20.0. The summed E-state index contributed by atoms with van der Waals surface area (Å²) in [7, 11) is 1.61. The first-order valence-electron chi connectivity index (χ1n) is 11.5. The van der Waals surface area contributed by atoms with E-state index in [0.717, 1.165) is 11.3 Å². The lowest BCUT2D eigenvalue weighted by atomic mass is 9.96. The third-order valence-electron chi connectivity index (χ3n) is 6.39. The summed E-state index contributed by atoms with van der Waals surface area (Å²) in [5, 5.41) is 4.78. The fourth-order valence-electron chi connectivity index (χ4n) is 4.47. The van der Waals surface area contributed by atoms with Crippen LogP contribution in [-0.2, 0) is 11.3 Å². The maximum absolute atomic E-state index is 14.4. The van der Waals surface area contributed by atoms with Crippen LogP contribution in [0.25, 0.3) is 21.3 Å². The molecule has 2 aromatic heterocycles. The monoisotopic (exact) mass is 492 g/mol. The van der Waals surface area contributed by atoms with Gasteiger partial charge in [-0.2, -0.15) is 0 Å². The van der Waals surface area contributed by atoms with E-state index in [4.69, 9.17) is 9.72 Å². The van der Waals surface area contributed by atoms with Crippen LogP contribution >= 0.6 is 11.3 Å². The van der Waals surface area contributed by atoms with Crippen molar-refractivity contribution >= 4 is 33.4 Å². The van der Waals surface area contributed by atoms with Crippen LogP contribution in [0.15, 0.2) is 58.7 Å². The highest BCUT2D eigenvalue weighted by atomic mass is 32.1. The predicted molar refractivity (Wildman–Crippen MR) is 135 cm³/mol. The molecule has 9 heteroatoms. The fourth-order valence-corrected chi connectivity index (χ4v) is 5.37. The lowest BCUT2D eigenvalue weighted by Gasteiger charge is -2.31. The standard InChI is InChI=1S/C26H25FN4O3S/c1-34-21-9-5-2-6-17(21)14-28-24(32)16-10-12-31(13-11-16)26-29-22-19(15-35-23(22)25(33)30-26)18-7-3-4-8-20(18)27/h2-9,15-16H,10-14H2,1H3,(H,28,32)(H,29,30,33). The van der Waals surface area contributed by atoms with Crippen molar-refractivity contribution < 1.29 is 13.9 Å². The number of hydrogen-bond donors (Lipinski definition) is 2. The summed E-state index contributed by atoms with van der Waals surface area (Å²) in [6.07, 6.45) is 1.28. The van der Waals surface area contributed by atoms with E-state index in [0.29, 0.717) is 59.8 Å². The molecule has 5 rings (SSSR count). The van der Waals surface area contributed by atoms with E-state index in [2.05, 4.69) is 10.3 Å². The van der Waals surface area contributed by atoms with Crippen LogP contribution in [-0.4, -0.2) is 36.1 Å². The smallest absolute Gasteiger partial charge is 0.270 e. The van der Waals surface area contributed by atoms with E-state index < -0.39 is 0 Å². The van der Waals surface area contributed by atoms with Crippen molar-refractivity contribution in [2.24, 2.45) is 5.92 Å². The largest absolute Gasteiger partial charge is 0.496 e. The van der Waals surface area contributed by atoms with Gasteiger partial charge < -0.3 is 15.0 Å². The van der Waals surface area contributed by atoms with Crippen LogP contribution in [0, 0.1) is 11.7 Å². The predicted octanol–water partition coefficient (Wildman–Crippen LogP) is 4.33. The summed E-state index contributed by atoms with van der Waals surface area (Å²) < 4.78 is 20.2. The number of halogens is 1. The maximum Gasteiger partial charge on any atom is 0.270 e. The zero-order valence-electron chi connectivity index (χ0n) is 19.2. The molecule has 2 aromatic carbocycles. The molecule has 0 radical (unpaired) electrons. The molecule has 2 N–H and O–H groups in total. The second kappa shape index (κ2) is 9.87. The van der Waals surface area contributed by atoms with E-state index >= 15 is 0 Å². The highest BCUT2D eigenvalue weighted by Gasteiger charge is 2.27. The summed E-state index contributed by atoms with van der Waals surface area (Å²) >= 11 is 1.26. The number of carbonyl (C=O) groups excluding carboxylic acids is 1. The lowest BCUT2D eigenvalue weighted by molar-refractivity contribution is -0.125. The molecule has 0 bridgehead atoms. The lowest BCUT2D eigenvalue weighted by Crippen LogP contribution is -2.41. The Bertz CT molecular complexity index is 1430. The number of rotatable bonds is 6. The molecule has 1 amide bonds. The number of nitrogens with one attached hydrogen (secondary N) is 2. The molecule has 0 saturated carbocycles. The average molecular weight is 493 g/mol. The van der Waals surface area contributed by atoms with Crippen molar-refractivity contribution in [3.63, 3.8) is 0 Å². The first-order valence-corrected chi connectivity index (χ1v) is 12.3. The Morgan fingerprint density at radius 1 is 1.17 bits per heavy atom. The van der Waals surface area contributed by atoms with Gasteiger partial charge in [-0.15, -0.1) is 11.3 Å². The molecule has 35 heavy (non-hydrogen) atoms. The van der Waals surface area contributed by atoms with Crippen molar-refractivity contribution in [2.75, 3.05) is 25.1 Å². The average Bonchev–Trinajstić information content (AvgIpc) is 3.32. The SMILES string of the molecule is COc1ccccc1CNC(=O)C1CCN(c2nc3c(-c4ccccc4F)csc3c(=O)[nH]2)CC1. The number of aromatic amines is 1. The topological polar surface area (TPSA) is 87.3 Å². The van der Waals surface area contributed by atoms with Crippen molar-refractivity contribution in [2.45, 2.75) is 19.4 Å². The van der Waals surface area contributed by atoms with Gasteiger partial charge in [-0.05, 0) is 25.0 Å². The Balaban J connectivity index is 1.28. The Kier molecular flexibility index (Phi) is 6.50. The van der Waals surface area contributed by atoms with Crippen LogP contribution in [0.3, 0.4) is 0 Å². The minimum absolute atomic E-state index is 0.00661. The van der Waals surface area contributed by atoms with Crippen molar-refractivity contribution in [3.05, 3.63) is 75.6 Å². The second-order valence-electron chi connectivity index (χ2n) is 8.49. The van der Waals surface area contributed by atoms with E-state index in [1.165, 1.54) is 17.4 Å². The van der Waals surface area contributed by atoms with Gasteiger partial charge in [0.15, 0.2) is 0 Å². The Morgan fingerprint density at radius 2 is 1.91 bits per heavy atom. The van der Waals surface area contributed by atoms with Gasteiger partial charge in [0, 0.05) is 47.6 Å². The summed E-state index contributed by atoms with van der Waals surface area (Å²) in [4.78, 5) is 35.0. The minimum Gasteiger partial charge on any atom is -0.496 e. The second-order valence-corrected chi connectivity index (χ2v) is 9.37. The number of hydrogen-bond acceptors (Lipinski definition) is 6. The van der Waals surface area contributed by atoms with E-state index in [1.54, 1.807) is 30.7 Å². The summed E-state index contributed by atoms with van der Waals surface area (Å²) in [5.41, 5.74) is 2.22. The molecule has 180 valence electrons. The molecular formula is C26H25FN4O3S. The Labute approximate surface area is 205 Å². The molecule has 1 aliphatic heterocycles. The number of benzene rings is 2. The number of ether oxygens (including phenoxy) is 1. The molecule has 0 aliphatic carbocycles. The molecule has 7 nitrogen and oxygen atoms in total. The van der Waals surface area contributed by atoms with Crippen LogP contribution < -0.4 is 20.5 Å². The summed E-state index contributed by atoms with van der Waals surface area (Å²) in [5.74, 6) is 0.733. The fraction of sp³-hybridized carbons (Fsp3) is 0.269. The molecule has 0 spiro atoms. The van der Waals surface area contributed by atoms with Gasteiger partial charge in [0.05, 0.1) is 12.6 Å². The normalized spacial score (nSPS) is 14.3. The summed E-state index contributed by atoms with van der Waals surface area (Å²) in [6.45, 7) is 1.58. The molecule has 3 heterocycles. The number of carbonyl (C=O) groups is 1. The van der Waals surface area contributed by atoms with Gasteiger partial charge in [-0.3, -0.25) is 14.6 Å². The first kappa shape index (κ1) is 23.0. The molecule has 1 saturated heterocycles. The Morgan fingerprint density at radius 3 is 2.69 bits per heavy atom. The van der Waals surface area contributed by atoms with Gasteiger partial charge >= 0.3 is 0 Å². The molecule has 1 aliphatic rings. The molecule has 0 unspecified atom stereocenters. The minimum atomic E-state index is -0.351. The first-order chi connectivity index (χ1) is 17.0. The highest BCUT2D eigenvalue weighted by molar-refractivity contribution is 7.17. The van der Waals surface area contributed by atoms with Crippen LogP contribution in [0.1, 0.15) is 18.4 Å². The number of fused-ring (bicyclic) bond motifs is 1. The van der Waals surface area contributed by atoms with Gasteiger partial charge in [0.2, 0.25) is 11.9 Å².